The largest absolute Gasteiger partial charge is 0.357 e. The van der Waals surface area contributed by atoms with E-state index in [0.717, 1.165) is 0 Å². The number of rotatable bonds is 2. The molecule has 0 saturated carbocycles. The Bertz CT molecular complexity index is 616. The second kappa shape index (κ2) is 5.78. The van der Waals surface area contributed by atoms with Gasteiger partial charge >= 0.3 is 0 Å². The molecule has 1 aliphatic heterocycles. The minimum atomic E-state index is -0.0176. The quantitative estimate of drug-likeness (QED) is 0.894. The molecule has 0 aliphatic carbocycles. The molecule has 0 atom stereocenters. The van der Waals surface area contributed by atoms with Crippen LogP contribution in [0, 0.1) is 0 Å². The lowest BCUT2D eigenvalue weighted by molar-refractivity contribution is 0.0532. The molecule has 0 unspecified atom stereocenters. The molecule has 3 heterocycles. The van der Waals surface area contributed by atoms with Crippen LogP contribution in [0.25, 0.3) is 0 Å². The van der Waals surface area contributed by atoms with Crippen LogP contribution in [0.15, 0.2) is 42.9 Å². The van der Waals surface area contributed by atoms with Gasteiger partial charge < -0.3 is 14.8 Å². The van der Waals surface area contributed by atoms with Crippen LogP contribution in [0.1, 0.15) is 20.8 Å². The number of nitrogens with one attached hydrogen (secondary N) is 1. The summed E-state index contributed by atoms with van der Waals surface area (Å²) in [5.41, 5.74) is 1.22. The maximum atomic E-state index is 12.3. The van der Waals surface area contributed by atoms with E-state index in [0.29, 0.717) is 37.4 Å². The SMILES string of the molecule is O=C(c1ccncc1)N1CCN(C(=O)c2ccc[nH]2)CC1. The number of carbonyl (C=O) groups excluding carboxylic acids is 2. The Morgan fingerprint density at radius 1 is 0.952 bits per heavy atom. The van der Waals surface area contributed by atoms with Crippen molar-refractivity contribution in [2.75, 3.05) is 26.2 Å². The first kappa shape index (κ1) is 13.4. The first-order valence-corrected chi connectivity index (χ1v) is 6.87. The Balaban J connectivity index is 1.60. The fraction of sp³-hybridized carbons (Fsp3) is 0.267. The highest BCUT2D eigenvalue weighted by Gasteiger charge is 2.25. The average Bonchev–Trinajstić information content (AvgIpc) is 3.09. The van der Waals surface area contributed by atoms with Gasteiger partial charge in [-0.05, 0) is 24.3 Å². The van der Waals surface area contributed by atoms with Gasteiger partial charge in [0.1, 0.15) is 5.69 Å². The predicted molar refractivity (Wildman–Crippen MR) is 76.8 cm³/mol. The van der Waals surface area contributed by atoms with Gasteiger partial charge in [-0.15, -0.1) is 0 Å². The van der Waals surface area contributed by atoms with E-state index in [1.165, 1.54) is 0 Å². The molecule has 0 bridgehead atoms. The molecule has 1 aliphatic rings. The monoisotopic (exact) mass is 284 g/mol. The molecule has 1 saturated heterocycles. The van der Waals surface area contributed by atoms with E-state index in [-0.39, 0.29) is 11.8 Å². The third-order valence-corrected chi connectivity index (χ3v) is 3.61. The number of aromatic nitrogens is 2. The lowest BCUT2D eigenvalue weighted by Crippen LogP contribution is -2.50. The highest BCUT2D eigenvalue weighted by molar-refractivity contribution is 5.95. The fourth-order valence-electron chi connectivity index (χ4n) is 2.42. The molecule has 2 aromatic heterocycles. The second-order valence-corrected chi connectivity index (χ2v) is 4.90. The van der Waals surface area contributed by atoms with Crippen molar-refractivity contribution in [1.29, 1.82) is 0 Å². The number of amides is 2. The number of pyridine rings is 1. The Morgan fingerprint density at radius 2 is 1.57 bits per heavy atom. The van der Waals surface area contributed by atoms with Crippen molar-refractivity contribution in [2.24, 2.45) is 0 Å². The summed E-state index contributed by atoms with van der Waals surface area (Å²) >= 11 is 0. The maximum Gasteiger partial charge on any atom is 0.270 e. The topological polar surface area (TPSA) is 69.3 Å². The van der Waals surface area contributed by atoms with Gasteiger partial charge in [-0.2, -0.15) is 0 Å². The zero-order valence-electron chi connectivity index (χ0n) is 11.5. The molecule has 2 aromatic rings. The maximum absolute atomic E-state index is 12.3. The van der Waals surface area contributed by atoms with Crippen LogP contribution in [0.5, 0.6) is 0 Å². The molecule has 2 amide bonds. The van der Waals surface area contributed by atoms with Crippen molar-refractivity contribution in [3.8, 4) is 0 Å². The summed E-state index contributed by atoms with van der Waals surface area (Å²) in [4.78, 5) is 34.8. The van der Waals surface area contributed by atoms with Crippen LogP contribution in [-0.2, 0) is 0 Å². The number of carbonyl (C=O) groups is 2. The van der Waals surface area contributed by atoms with Crippen LogP contribution in [0.2, 0.25) is 0 Å². The number of hydrogen-bond acceptors (Lipinski definition) is 3. The fourth-order valence-corrected chi connectivity index (χ4v) is 2.42. The summed E-state index contributed by atoms with van der Waals surface area (Å²) < 4.78 is 0. The molecular weight excluding hydrogens is 268 g/mol. The molecule has 108 valence electrons. The molecule has 1 fully saturated rings. The molecule has 1 N–H and O–H groups in total. The van der Waals surface area contributed by atoms with E-state index < -0.39 is 0 Å². The number of aromatic amines is 1. The van der Waals surface area contributed by atoms with Crippen LogP contribution in [-0.4, -0.2) is 57.8 Å². The molecule has 3 rings (SSSR count). The summed E-state index contributed by atoms with van der Waals surface area (Å²) in [6.45, 7) is 2.20. The van der Waals surface area contributed by atoms with Crippen molar-refractivity contribution in [2.45, 2.75) is 0 Å². The van der Waals surface area contributed by atoms with Gasteiger partial charge in [0, 0.05) is 50.3 Å². The molecular formula is C15H16N4O2. The van der Waals surface area contributed by atoms with Crippen molar-refractivity contribution in [1.82, 2.24) is 19.8 Å². The first-order valence-electron chi connectivity index (χ1n) is 6.87. The number of nitrogens with zero attached hydrogens (tertiary/aromatic N) is 3. The molecule has 0 spiro atoms. The van der Waals surface area contributed by atoms with Gasteiger partial charge in [0.2, 0.25) is 0 Å². The van der Waals surface area contributed by atoms with E-state index in [1.807, 2.05) is 0 Å². The molecule has 6 heteroatoms. The lowest BCUT2D eigenvalue weighted by atomic mass is 10.2. The number of piperazine rings is 1. The predicted octanol–water partition coefficient (Wildman–Crippen LogP) is 1.01. The van der Waals surface area contributed by atoms with Gasteiger partial charge in [0.15, 0.2) is 0 Å². The molecule has 21 heavy (non-hydrogen) atoms. The third kappa shape index (κ3) is 2.79. The lowest BCUT2D eigenvalue weighted by Gasteiger charge is -2.34. The van der Waals surface area contributed by atoms with Crippen LogP contribution in [0.4, 0.5) is 0 Å². The highest BCUT2D eigenvalue weighted by atomic mass is 16.2. The van der Waals surface area contributed by atoms with Gasteiger partial charge in [0.25, 0.3) is 11.8 Å². The zero-order chi connectivity index (χ0) is 14.7. The second-order valence-electron chi connectivity index (χ2n) is 4.90. The summed E-state index contributed by atoms with van der Waals surface area (Å²) in [6.07, 6.45) is 4.95. The van der Waals surface area contributed by atoms with E-state index >= 15 is 0 Å². The van der Waals surface area contributed by atoms with Crippen molar-refractivity contribution in [3.05, 3.63) is 54.1 Å². The van der Waals surface area contributed by atoms with Gasteiger partial charge in [-0.3, -0.25) is 14.6 Å². The highest BCUT2D eigenvalue weighted by Crippen LogP contribution is 2.10. The Morgan fingerprint density at radius 3 is 2.14 bits per heavy atom. The minimum absolute atomic E-state index is 0.00984. The van der Waals surface area contributed by atoms with Crippen molar-refractivity contribution < 1.29 is 9.59 Å². The Kier molecular flexibility index (Phi) is 3.68. The smallest absolute Gasteiger partial charge is 0.270 e. The summed E-state index contributed by atoms with van der Waals surface area (Å²) in [7, 11) is 0. The summed E-state index contributed by atoms with van der Waals surface area (Å²) in [5, 5.41) is 0. The van der Waals surface area contributed by atoms with E-state index in [1.54, 1.807) is 52.7 Å². The minimum Gasteiger partial charge on any atom is -0.357 e. The molecule has 0 aromatic carbocycles. The summed E-state index contributed by atoms with van der Waals surface area (Å²) in [5.74, 6) is -0.0274. The molecule has 6 nitrogen and oxygen atoms in total. The van der Waals surface area contributed by atoms with Crippen LogP contribution < -0.4 is 0 Å². The van der Waals surface area contributed by atoms with Gasteiger partial charge in [-0.25, -0.2) is 0 Å². The van der Waals surface area contributed by atoms with Crippen LogP contribution in [0.3, 0.4) is 0 Å². The van der Waals surface area contributed by atoms with E-state index in [4.69, 9.17) is 0 Å². The Hall–Kier alpha value is -2.63. The average molecular weight is 284 g/mol. The third-order valence-electron chi connectivity index (χ3n) is 3.61. The van der Waals surface area contributed by atoms with Gasteiger partial charge in [0.05, 0.1) is 0 Å². The van der Waals surface area contributed by atoms with E-state index in [2.05, 4.69) is 9.97 Å². The Labute approximate surface area is 122 Å². The zero-order valence-corrected chi connectivity index (χ0v) is 11.5. The molecule has 0 radical (unpaired) electrons. The number of hydrogen-bond donors (Lipinski definition) is 1. The van der Waals surface area contributed by atoms with E-state index in [9.17, 15) is 9.59 Å². The first-order chi connectivity index (χ1) is 10.3. The standard InChI is InChI=1S/C15H16N4O2/c20-14(12-3-6-16-7-4-12)18-8-10-19(11-9-18)15(21)13-2-1-5-17-13/h1-7,17H,8-11H2. The normalized spacial score (nSPS) is 15.0. The van der Waals surface area contributed by atoms with Crippen LogP contribution >= 0.6 is 0 Å². The summed E-state index contributed by atoms with van der Waals surface area (Å²) in [6, 6.07) is 6.98. The van der Waals surface area contributed by atoms with Gasteiger partial charge in [-0.1, -0.05) is 0 Å². The van der Waals surface area contributed by atoms with Crippen molar-refractivity contribution in [3.63, 3.8) is 0 Å². The van der Waals surface area contributed by atoms with Crippen molar-refractivity contribution >= 4 is 11.8 Å². The number of H-pyrrole nitrogens is 1.